The summed E-state index contributed by atoms with van der Waals surface area (Å²) in [5.74, 6) is 2.72. The average molecular weight is 694 g/mol. The minimum Gasteiger partial charge on any atom is -0.491 e. The molecule has 50 heavy (non-hydrogen) atoms. The molecule has 0 bridgehead atoms. The zero-order valence-corrected chi connectivity index (χ0v) is 30.8. The predicted molar refractivity (Wildman–Crippen MR) is 206 cm³/mol. The van der Waals surface area contributed by atoms with Crippen molar-refractivity contribution >= 4 is 39.2 Å². The molecule has 5 aromatic rings. The summed E-state index contributed by atoms with van der Waals surface area (Å²) in [6, 6.07) is 21.1. The van der Waals surface area contributed by atoms with E-state index in [0.29, 0.717) is 24.9 Å². The summed E-state index contributed by atoms with van der Waals surface area (Å²) in [5, 5.41) is 0. The third-order valence-electron chi connectivity index (χ3n) is 9.05. The molecule has 0 saturated heterocycles. The van der Waals surface area contributed by atoms with Crippen LogP contribution in [-0.4, -0.2) is 56.6 Å². The van der Waals surface area contributed by atoms with Crippen molar-refractivity contribution in [1.29, 1.82) is 0 Å². The molecule has 1 atom stereocenters. The molecule has 264 valence electrons. The van der Waals surface area contributed by atoms with Gasteiger partial charge >= 0.3 is 0 Å². The second-order valence-electron chi connectivity index (χ2n) is 13.6. The van der Waals surface area contributed by atoms with Gasteiger partial charge in [-0.25, -0.2) is 9.97 Å². The van der Waals surface area contributed by atoms with E-state index in [4.69, 9.17) is 14.5 Å². The van der Waals surface area contributed by atoms with Gasteiger partial charge in [-0.05, 0) is 102 Å². The highest BCUT2D eigenvalue weighted by Gasteiger charge is 2.19. The fourth-order valence-electron chi connectivity index (χ4n) is 6.52. The number of ether oxygens (including phenoxy) is 2. The lowest BCUT2D eigenvalue weighted by Gasteiger charge is -2.30. The highest BCUT2D eigenvalue weighted by Crippen LogP contribution is 2.35. The largest absolute Gasteiger partial charge is 0.491 e. The third-order valence-corrected chi connectivity index (χ3v) is 10.4. The van der Waals surface area contributed by atoms with E-state index in [9.17, 15) is 4.21 Å². The first kappa shape index (κ1) is 35.6. The number of nitrogens with zero attached hydrogens (tertiary/aromatic N) is 4. The van der Waals surface area contributed by atoms with Gasteiger partial charge in [0, 0.05) is 43.0 Å². The summed E-state index contributed by atoms with van der Waals surface area (Å²) in [6.07, 6.45) is 11.1. The van der Waals surface area contributed by atoms with Crippen molar-refractivity contribution in [2.45, 2.75) is 77.0 Å². The number of anilines is 1. The van der Waals surface area contributed by atoms with Gasteiger partial charge in [-0.1, -0.05) is 52.3 Å². The van der Waals surface area contributed by atoms with E-state index in [1.54, 1.807) is 0 Å². The smallest absolute Gasteiger partial charge is 0.134 e. The molecule has 0 unspecified atom stereocenters. The van der Waals surface area contributed by atoms with E-state index in [2.05, 4.69) is 83.5 Å². The van der Waals surface area contributed by atoms with Crippen molar-refractivity contribution in [2.75, 3.05) is 37.8 Å². The molecular formula is C41H51N5O3S. The van der Waals surface area contributed by atoms with Crippen LogP contribution in [0.3, 0.4) is 0 Å². The van der Waals surface area contributed by atoms with E-state index < -0.39 is 10.8 Å². The Kier molecular flexibility index (Phi) is 12.2. The molecule has 1 aliphatic heterocycles. The van der Waals surface area contributed by atoms with Gasteiger partial charge in [0.1, 0.15) is 18.2 Å². The van der Waals surface area contributed by atoms with E-state index in [1.807, 2.05) is 42.9 Å². The Balaban J connectivity index is 1.25. The maximum Gasteiger partial charge on any atom is 0.134 e. The van der Waals surface area contributed by atoms with Crippen LogP contribution < -0.4 is 9.64 Å². The number of aromatic amines is 1. The van der Waals surface area contributed by atoms with E-state index in [0.717, 1.165) is 103 Å². The molecule has 8 nitrogen and oxygen atoms in total. The number of H-pyrrole nitrogens is 1. The minimum absolute atomic E-state index is 0.438. The van der Waals surface area contributed by atoms with Gasteiger partial charge in [0.2, 0.25) is 0 Å². The second kappa shape index (κ2) is 17.1. The fourth-order valence-corrected chi connectivity index (χ4v) is 7.66. The van der Waals surface area contributed by atoms with Gasteiger partial charge in [-0.3, -0.25) is 4.21 Å². The zero-order chi connectivity index (χ0) is 34.9. The van der Waals surface area contributed by atoms with Gasteiger partial charge in [-0.2, -0.15) is 0 Å². The molecular weight excluding hydrogens is 643 g/mol. The van der Waals surface area contributed by atoms with Crippen LogP contribution in [0.1, 0.15) is 76.9 Å². The van der Waals surface area contributed by atoms with Crippen LogP contribution in [0.25, 0.3) is 33.8 Å². The molecule has 0 amide bonds. The molecule has 3 aromatic carbocycles. The highest BCUT2D eigenvalue weighted by atomic mass is 32.2. The van der Waals surface area contributed by atoms with Crippen LogP contribution in [0.4, 0.5) is 5.69 Å². The standard InChI is InChI=1S/C41H51N5O3S/c1-5-7-20-48-21-22-49-36-13-10-31(11-14-36)32-12-17-40-34(23-32)24-33(9-8-19-45(40)27-30(3)4)41-43-38-16-15-37(25-39(38)44-41)50(47)28-35-26-42-29-46(35)18-6-2/h10-17,23-26,29-30H,5-9,18-22,27-28H2,1-4H3,(H,43,44)/b33-24+/t50-/m0/s1. The highest BCUT2D eigenvalue weighted by molar-refractivity contribution is 7.84. The Bertz CT molecular complexity index is 1910. The third kappa shape index (κ3) is 8.92. The van der Waals surface area contributed by atoms with Crippen LogP contribution in [-0.2, 0) is 27.8 Å². The number of benzene rings is 3. The average Bonchev–Trinajstić information content (AvgIpc) is 3.74. The van der Waals surface area contributed by atoms with Crippen molar-refractivity contribution in [3.05, 3.63) is 90.3 Å². The summed E-state index contributed by atoms with van der Waals surface area (Å²) in [5.41, 5.74) is 8.70. The number of hydrogen-bond acceptors (Lipinski definition) is 6. The SMILES string of the molecule is CCCCOCCOc1ccc(-c2ccc3c(c2)/C=C(/c2nc4ccc([S@@](=O)Cc5cncn5CCC)cc4[nH]2)CCCN3CC(C)C)cc1. The summed E-state index contributed by atoms with van der Waals surface area (Å²) < 4.78 is 27.1. The Morgan fingerprint density at radius 2 is 1.80 bits per heavy atom. The molecule has 3 heterocycles. The first-order chi connectivity index (χ1) is 24.4. The Hall–Kier alpha value is -4.21. The molecule has 0 radical (unpaired) electrons. The second-order valence-corrected chi connectivity index (χ2v) is 15.0. The molecule has 0 aliphatic carbocycles. The first-order valence-corrected chi connectivity index (χ1v) is 19.5. The van der Waals surface area contributed by atoms with E-state index >= 15 is 0 Å². The van der Waals surface area contributed by atoms with Gasteiger partial charge in [0.05, 0.1) is 46.2 Å². The number of allylic oxidation sites excluding steroid dienone is 1. The maximum absolute atomic E-state index is 13.4. The van der Waals surface area contributed by atoms with E-state index in [-0.39, 0.29) is 0 Å². The van der Waals surface area contributed by atoms with Crippen LogP contribution >= 0.6 is 0 Å². The molecule has 0 saturated carbocycles. The zero-order valence-electron chi connectivity index (χ0n) is 30.0. The Morgan fingerprint density at radius 1 is 0.960 bits per heavy atom. The summed E-state index contributed by atoms with van der Waals surface area (Å²) >= 11 is 0. The number of hydrogen-bond donors (Lipinski definition) is 1. The minimum atomic E-state index is -1.19. The fraction of sp³-hybridized carbons (Fsp3) is 0.415. The normalized spacial score (nSPS) is 15.1. The topological polar surface area (TPSA) is 85.3 Å². The summed E-state index contributed by atoms with van der Waals surface area (Å²) in [7, 11) is -1.19. The number of imidazole rings is 2. The summed E-state index contributed by atoms with van der Waals surface area (Å²) in [4.78, 5) is 16.2. The summed E-state index contributed by atoms with van der Waals surface area (Å²) in [6.45, 7) is 13.7. The first-order valence-electron chi connectivity index (χ1n) is 18.2. The van der Waals surface area contributed by atoms with Crippen molar-refractivity contribution in [1.82, 2.24) is 19.5 Å². The lowest BCUT2D eigenvalue weighted by atomic mass is 9.96. The number of unbranched alkanes of at least 4 members (excludes halogenated alkanes) is 1. The molecule has 1 aliphatic rings. The van der Waals surface area contributed by atoms with E-state index in [1.165, 1.54) is 16.8 Å². The number of fused-ring (bicyclic) bond motifs is 2. The van der Waals surface area contributed by atoms with Crippen molar-refractivity contribution in [3.63, 3.8) is 0 Å². The number of rotatable bonds is 16. The van der Waals surface area contributed by atoms with Crippen molar-refractivity contribution < 1.29 is 13.7 Å². The quantitative estimate of drug-likeness (QED) is 0.104. The monoisotopic (exact) mass is 693 g/mol. The van der Waals surface area contributed by atoms with Crippen LogP contribution in [0.15, 0.2) is 78.1 Å². The maximum atomic E-state index is 13.4. The van der Waals surface area contributed by atoms with Crippen LogP contribution in [0.2, 0.25) is 0 Å². The molecule has 1 N–H and O–H groups in total. The predicted octanol–water partition coefficient (Wildman–Crippen LogP) is 9.14. The lowest BCUT2D eigenvalue weighted by Crippen LogP contribution is -2.30. The van der Waals surface area contributed by atoms with Crippen LogP contribution in [0, 0.1) is 5.92 Å². The molecule has 9 heteroatoms. The van der Waals surface area contributed by atoms with Gasteiger partial charge in [0.15, 0.2) is 0 Å². The molecule has 2 aromatic heterocycles. The van der Waals surface area contributed by atoms with Gasteiger partial charge < -0.3 is 23.9 Å². The van der Waals surface area contributed by atoms with Gasteiger partial charge in [0.25, 0.3) is 0 Å². The Morgan fingerprint density at radius 3 is 2.60 bits per heavy atom. The van der Waals surface area contributed by atoms with Crippen LogP contribution in [0.5, 0.6) is 5.75 Å². The number of aromatic nitrogens is 4. The van der Waals surface area contributed by atoms with Crippen molar-refractivity contribution in [3.8, 4) is 16.9 Å². The Labute approximate surface area is 299 Å². The molecule has 0 fully saturated rings. The number of nitrogens with one attached hydrogen (secondary N) is 1. The lowest BCUT2D eigenvalue weighted by molar-refractivity contribution is 0.0981. The molecule has 6 rings (SSSR count). The number of aryl methyl sites for hydroxylation is 1. The van der Waals surface area contributed by atoms with Gasteiger partial charge in [-0.15, -0.1) is 0 Å². The molecule has 0 spiro atoms. The van der Waals surface area contributed by atoms with Crippen molar-refractivity contribution in [2.24, 2.45) is 5.92 Å².